The summed E-state index contributed by atoms with van der Waals surface area (Å²) in [7, 11) is 0. The van der Waals surface area contributed by atoms with Gasteiger partial charge in [0.2, 0.25) is 0 Å². The van der Waals surface area contributed by atoms with Crippen molar-refractivity contribution in [3.63, 3.8) is 0 Å². The zero-order valence-electron chi connectivity index (χ0n) is 16.4. The average Bonchev–Trinajstić information content (AvgIpc) is 2.44. The molecule has 0 rings (SSSR count). The van der Waals surface area contributed by atoms with E-state index in [9.17, 15) is 19.5 Å². The smallest absolute Gasteiger partial charge is 0.407 e. The summed E-state index contributed by atoms with van der Waals surface area (Å²) in [5.74, 6) is -0.645. The number of aliphatic hydroxyl groups is 1. The number of hydrogen-bond donors (Lipinski definition) is 5. The highest BCUT2D eigenvalue weighted by Gasteiger charge is 2.17. The van der Waals surface area contributed by atoms with Crippen molar-refractivity contribution in [3.8, 4) is 0 Å². The first-order chi connectivity index (χ1) is 11.8. The van der Waals surface area contributed by atoms with E-state index in [1.807, 2.05) is 0 Å². The minimum absolute atomic E-state index is 0.132. The van der Waals surface area contributed by atoms with Gasteiger partial charge in [0.05, 0.1) is 0 Å². The molecule has 152 valence electrons. The summed E-state index contributed by atoms with van der Waals surface area (Å²) in [6.07, 6.45) is -2.60. The van der Waals surface area contributed by atoms with Gasteiger partial charge in [-0.2, -0.15) is 0 Å². The van der Waals surface area contributed by atoms with Crippen molar-refractivity contribution in [3.05, 3.63) is 0 Å². The number of ether oxygens (including phenoxy) is 2. The van der Waals surface area contributed by atoms with E-state index in [0.29, 0.717) is 0 Å². The third-order valence-corrected chi connectivity index (χ3v) is 2.47. The van der Waals surface area contributed by atoms with Crippen molar-refractivity contribution in [1.29, 1.82) is 0 Å². The summed E-state index contributed by atoms with van der Waals surface area (Å²) in [6.45, 7) is 11.1. The average molecular weight is 376 g/mol. The van der Waals surface area contributed by atoms with Gasteiger partial charge in [0.25, 0.3) is 5.91 Å². The van der Waals surface area contributed by atoms with E-state index in [0.717, 1.165) is 0 Å². The molecule has 5 N–H and O–H groups in total. The summed E-state index contributed by atoms with van der Waals surface area (Å²) in [4.78, 5) is 34.5. The lowest BCUT2D eigenvalue weighted by Crippen LogP contribution is -2.48. The van der Waals surface area contributed by atoms with Crippen LogP contribution in [-0.2, 0) is 14.3 Å². The second kappa shape index (κ2) is 10.8. The van der Waals surface area contributed by atoms with Crippen LogP contribution in [0.15, 0.2) is 0 Å². The molecular weight excluding hydrogens is 344 g/mol. The van der Waals surface area contributed by atoms with Gasteiger partial charge in [-0.15, -0.1) is 0 Å². The Labute approximate surface area is 154 Å². The number of alkyl carbamates (subject to hydrolysis) is 2. The summed E-state index contributed by atoms with van der Waals surface area (Å²) in [5.41, 5.74) is -1.19. The van der Waals surface area contributed by atoms with Crippen molar-refractivity contribution in [2.24, 2.45) is 0 Å². The highest BCUT2D eigenvalue weighted by molar-refractivity contribution is 5.80. The highest BCUT2D eigenvalue weighted by atomic mass is 16.6. The Bertz CT molecular complexity index is 470. The molecule has 0 saturated heterocycles. The molecule has 0 spiro atoms. The van der Waals surface area contributed by atoms with Gasteiger partial charge in [-0.3, -0.25) is 10.1 Å². The molecule has 1 atom stereocenters. The van der Waals surface area contributed by atoms with E-state index in [-0.39, 0.29) is 26.2 Å². The molecule has 0 aliphatic carbocycles. The molecular formula is C16H32N4O6. The van der Waals surface area contributed by atoms with Gasteiger partial charge in [-0.1, -0.05) is 0 Å². The van der Waals surface area contributed by atoms with Crippen LogP contribution in [-0.4, -0.2) is 66.8 Å². The van der Waals surface area contributed by atoms with Gasteiger partial charge < -0.3 is 30.5 Å². The number of aliphatic hydroxyl groups excluding tert-OH is 1. The van der Waals surface area contributed by atoms with Crippen LogP contribution in [0, 0.1) is 0 Å². The van der Waals surface area contributed by atoms with E-state index < -0.39 is 35.5 Å². The zero-order valence-corrected chi connectivity index (χ0v) is 16.4. The summed E-state index contributed by atoms with van der Waals surface area (Å²) in [5, 5.41) is 19.6. The molecule has 0 aliphatic heterocycles. The number of amides is 3. The van der Waals surface area contributed by atoms with Crippen LogP contribution >= 0.6 is 0 Å². The number of nitrogens with one attached hydrogen (secondary N) is 4. The molecule has 0 heterocycles. The summed E-state index contributed by atoms with van der Waals surface area (Å²) >= 11 is 0. The first-order valence-electron chi connectivity index (χ1n) is 8.43. The summed E-state index contributed by atoms with van der Waals surface area (Å²) in [6, 6.07) is 0. The van der Waals surface area contributed by atoms with E-state index in [4.69, 9.17) is 9.47 Å². The monoisotopic (exact) mass is 376 g/mol. The number of carbonyl (C=O) groups excluding carboxylic acids is 3. The molecule has 0 unspecified atom stereocenters. The van der Waals surface area contributed by atoms with Crippen LogP contribution in [0.3, 0.4) is 0 Å². The minimum Gasteiger partial charge on any atom is -0.444 e. The van der Waals surface area contributed by atoms with Crippen molar-refractivity contribution >= 4 is 18.1 Å². The molecule has 0 radical (unpaired) electrons. The fourth-order valence-corrected chi connectivity index (χ4v) is 1.54. The molecule has 0 fully saturated rings. The van der Waals surface area contributed by atoms with Crippen LogP contribution in [0.2, 0.25) is 0 Å². The van der Waals surface area contributed by atoms with Gasteiger partial charge in [0.1, 0.15) is 11.2 Å². The van der Waals surface area contributed by atoms with Gasteiger partial charge in [-0.05, 0) is 41.5 Å². The normalized spacial score (nSPS) is 12.7. The molecule has 0 aliphatic rings. The van der Waals surface area contributed by atoms with E-state index in [2.05, 4.69) is 21.3 Å². The quantitative estimate of drug-likeness (QED) is 0.298. The first-order valence-corrected chi connectivity index (χ1v) is 8.43. The maximum Gasteiger partial charge on any atom is 0.407 e. The molecule has 0 aromatic heterocycles. The van der Waals surface area contributed by atoms with Crippen LogP contribution in [0.4, 0.5) is 9.59 Å². The van der Waals surface area contributed by atoms with Gasteiger partial charge in [0, 0.05) is 26.2 Å². The number of carbonyl (C=O) groups is 3. The van der Waals surface area contributed by atoms with Crippen molar-refractivity contribution in [2.75, 3.05) is 26.2 Å². The fraction of sp³-hybridized carbons (Fsp3) is 0.812. The molecule has 26 heavy (non-hydrogen) atoms. The maximum atomic E-state index is 11.7. The topological polar surface area (TPSA) is 138 Å². The van der Waals surface area contributed by atoms with Gasteiger partial charge in [0.15, 0.2) is 6.23 Å². The fourth-order valence-electron chi connectivity index (χ4n) is 1.54. The van der Waals surface area contributed by atoms with E-state index >= 15 is 0 Å². The Kier molecular flexibility index (Phi) is 9.96. The Balaban J connectivity index is 3.81. The van der Waals surface area contributed by atoms with Crippen LogP contribution < -0.4 is 21.3 Å². The van der Waals surface area contributed by atoms with Crippen molar-refractivity contribution < 1.29 is 29.0 Å². The maximum absolute atomic E-state index is 11.7. The molecule has 3 amide bonds. The lowest BCUT2D eigenvalue weighted by Gasteiger charge is -2.20. The zero-order chi connectivity index (χ0) is 20.4. The largest absolute Gasteiger partial charge is 0.444 e. The lowest BCUT2D eigenvalue weighted by atomic mass is 10.2. The Morgan fingerprint density at radius 3 is 1.58 bits per heavy atom. The van der Waals surface area contributed by atoms with Crippen molar-refractivity contribution in [1.82, 2.24) is 21.3 Å². The van der Waals surface area contributed by atoms with Crippen LogP contribution in [0.1, 0.15) is 41.5 Å². The Morgan fingerprint density at radius 2 is 1.15 bits per heavy atom. The molecule has 10 nitrogen and oxygen atoms in total. The minimum atomic E-state index is -1.43. The van der Waals surface area contributed by atoms with Gasteiger partial charge >= 0.3 is 12.2 Å². The second-order valence-electron chi connectivity index (χ2n) is 7.51. The van der Waals surface area contributed by atoms with Gasteiger partial charge in [-0.25, -0.2) is 9.59 Å². The van der Waals surface area contributed by atoms with E-state index in [1.54, 1.807) is 41.5 Å². The Morgan fingerprint density at radius 1 is 0.769 bits per heavy atom. The Hall–Kier alpha value is -2.07. The molecule has 0 bridgehead atoms. The van der Waals surface area contributed by atoms with Crippen LogP contribution in [0.25, 0.3) is 0 Å². The third kappa shape index (κ3) is 14.3. The van der Waals surface area contributed by atoms with E-state index in [1.165, 1.54) is 0 Å². The lowest BCUT2D eigenvalue weighted by molar-refractivity contribution is -0.130. The molecule has 10 heteroatoms. The standard InChI is InChI=1S/C16H32N4O6/c1-15(2,3)25-13(23)19-9-7-17-11(21)12(22)18-8-10-20-14(24)26-16(4,5)6/h11,17,21H,7-10H2,1-6H3,(H,18,22)(H,19,23)(H,20,24)/t11-/m0/s1. The first kappa shape index (κ1) is 23.9. The molecule has 0 aromatic rings. The number of hydrogen-bond acceptors (Lipinski definition) is 7. The summed E-state index contributed by atoms with van der Waals surface area (Å²) < 4.78 is 10.1. The highest BCUT2D eigenvalue weighted by Crippen LogP contribution is 2.06. The molecule has 0 saturated carbocycles. The van der Waals surface area contributed by atoms with Crippen LogP contribution in [0.5, 0.6) is 0 Å². The van der Waals surface area contributed by atoms with Crippen molar-refractivity contribution in [2.45, 2.75) is 59.0 Å². The second-order valence-corrected chi connectivity index (χ2v) is 7.51. The SMILES string of the molecule is CC(C)(C)OC(=O)NCCNC(=O)[C@H](O)NCCNC(=O)OC(C)(C)C. The third-order valence-electron chi connectivity index (χ3n) is 2.47. The predicted octanol–water partition coefficient (Wildman–Crippen LogP) is 0.0600. The predicted molar refractivity (Wildman–Crippen MR) is 95.5 cm³/mol. The molecule has 0 aromatic carbocycles. The number of rotatable bonds is 8.